The summed E-state index contributed by atoms with van der Waals surface area (Å²) < 4.78 is 11.4. The zero-order valence-corrected chi connectivity index (χ0v) is 14.6. The van der Waals surface area contributed by atoms with E-state index in [1.54, 1.807) is 0 Å². The normalized spacial score (nSPS) is 30.3. The van der Waals surface area contributed by atoms with Crippen molar-refractivity contribution in [3.8, 4) is 0 Å². The minimum absolute atomic E-state index is 0.0913. The number of amides is 1. The van der Waals surface area contributed by atoms with Crippen LogP contribution in [0.2, 0.25) is 0 Å². The molecule has 3 fully saturated rings. The number of rotatable bonds is 5. The third-order valence-corrected chi connectivity index (χ3v) is 5.75. The second-order valence-electron chi connectivity index (χ2n) is 7.67. The molecule has 1 aromatic heterocycles. The van der Waals surface area contributed by atoms with Crippen molar-refractivity contribution in [1.29, 1.82) is 0 Å². The van der Waals surface area contributed by atoms with Crippen molar-refractivity contribution in [3.05, 3.63) is 17.0 Å². The Morgan fingerprint density at radius 3 is 2.88 bits per heavy atom. The van der Waals surface area contributed by atoms with Crippen LogP contribution in [0.15, 0.2) is 4.52 Å². The van der Waals surface area contributed by atoms with Crippen LogP contribution in [0.4, 0.5) is 0 Å². The third kappa shape index (κ3) is 3.35. The van der Waals surface area contributed by atoms with E-state index in [1.165, 1.54) is 18.4 Å². The maximum Gasteiger partial charge on any atom is 0.249 e. The van der Waals surface area contributed by atoms with E-state index in [2.05, 4.69) is 15.4 Å². The molecule has 2 saturated heterocycles. The first-order valence-corrected chi connectivity index (χ1v) is 9.17. The average molecular weight is 333 g/mol. The molecule has 3 aliphatic rings. The summed E-state index contributed by atoms with van der Waals surface area (Å²) in [6, 6.07) is 0. The van der Waals surface area contributed by atoms with E-state index in [4.69, 9.17) is 9.26 Å². The fourth-order valence-corrected chi connectivity index (χ4v) is 3.94. The monoisotopic (exact) mass is 333 g/mol. The molecule has 0 aromatic carbocycles. The Bertz CT molecular complexity index is 591. The van der Waals surface area contributed by atoms with Crippen molar-refractivity contribution in [2.24, 2.45) is 11.8 Å². The van der Waals surface area contributed by atoms with Crippen LogP contribution >= 0.6 is 0 Å². The van der Waals surface area contributed by atoms with Gasteiger partial charge in [-0.25, -0.2) is 0 Å². The number of ether oxygens (including phenoxy) is 1. The lowest BCUT2D eigenvalue weighted by Crippen LogP contribution is -2.42. The first-order chi connectivity index (χ1) is 11.6. The number of carbonyl (C=O) groups is 1. The molecule has 0 spiro atoms. The van der Waals surface area contributed by atoms with Gasteiger partial charge in [-0.15, -0.1) is 0 Å². The minimum Gasteiger partial charge on any atom is -0.364 e. The maximum atomic E-state index is 12.3. The summed E-state index contributed by atoms with van der Waals surface area (Å²) in [6.07, 6.45) is 4.41. The second kappa shape index (κ2) is 6.48. The number of nitrogens with zero attached hydrogens (tertiary/aromatic N) is 2. The van der Waals surface area contributed by atoms with Gasteiger partial charge in [0, 0.05) is 25.2 Å². The number of aromatic nitrogens is 1. The lowest BCUT2D eigenvalue weighted by Gasteiger charge is -2.33. The summed E-state index contributed by atoms with van der Waals surface area (Å²) in [7, 11) is 0. The SMILES string of the molecule is Cc1noc(C)c1CN1CC[C@H]2C[C@H](C(=O)NCC3CC3)O[C@H]2C1. The van der Waals surface area contributed by atoms with Gasteiger partial charge in [0.25, 0.3) is 0 Å². The summed E-state index contributed by atoms with van der Waals surface area (Å²) in [4.78, 5) is 14.7. The van der Waals surface area contributed by atoms with E-state index < -0.39 is 0 Å². The molecule has 1 saturated carbocycles. The molecule has 2 aliphatic heterocycles. The molecule has 0 unspecified atom stereocenters. The first kappa shape index (κ1) is 16.1. The zero-order valence-electron chi connectivity index (χ0n) is 14.6. The van der Waals surface area contributed by atoms with Crippen molar-refractivity contribution < 1.29 is 14.1 Å². The second-order valence-corrected chi connectivity index (χ2v) is 7.67. The molecule has 0 bridgehead atoms. The highest BCUT2D eigenvalue weighted by Gasteiger charge is 2.42. The predicted octanol–water partition coefficient (Wildman–Crippen LogP) is 1.80. The Balaban J connectivity index is 1.31. The predicted molar refractivity (Wildman–Crippen MR) is 88.4 cm³/mol. The summed E-state index contributed by atoms with van der Waals surface area (Å²) in [5.74, 6) is 2.22. The Hall–Kier alpha value is -1.40. The summed E-state index contributed by atoms with van der Waals surface area (Å²) >= 11 is 0. The number of nitrogens with one attached hydrogen (secondary N) is 1. The van der Waals surface area contributed by atoms with Gasteiger partial charge in [-0.3, -0.25) is 9.69 Å². The Morgan fingerprint density at radius 1 is 1.33 bits per heavy atom. The molecule has 3 atom stereocenters. The largest absolute Gasteiger partial charge is 0.364 e. The molecule has 3 heterocycles. The van der Waals surface area contributed by atoms with Gasteiger partial charge >= 0.3 is 0 Å². The molecule has 6 nitrogen and oxygen atoms in total. The van der Waals surface area contributed by atoms with Gasteiger partial charge in [0.1, 0.15) is 11.9 Å². The zero-order chi connectivity index (χ0) is 16.7. The number of hydrogen-bond acceptors (Lipinski definition) is 5. The molecule has 1 amide bonds. The highest BCUT2D eigenvalue weighted by atomic mass is 16.5. The lowest BCUT2D eigenvalue weighted by atomic mass is 9.91. The van der Waals surface area contributed by atoms with E-state index in [9.17, 15) is 4.79 Å². The molecule has 132 valence electrons. The van der Waals surface area contributed by atoms with E-state index in [-0.39, 0.29) is 18.1 Å². The summed E-state index contributed by atoms with van der Waals surface area (Å²) in [5, 5.41) is 7.10. The van der Waals surface area contributed by atoms with Crippen LogP contribution in [-0.2, 0) is 16.1 Å². The van der Waals surface area contributed by atoms with Crippen LogP contribution in [-0.4, -0.2) is 47.8 Å². The van der Waals surface area contributed by atoms with Gasteiger partial charge in [0.15, 0.2) is 0 Å². The van der Waals surface area contributed by atoms with Crippen LogP contribution in [0.25, 0.3) is 0 Å². The van der Waals surface area contributed by atoms with Gasteiger partial charge in [-0.05, 0) is 57.9 Å². The van der Waals surface area contributed by atoms with E-state index in [1.807, 2.05) is 13.8 Å². The minimum atomic E-state index is -0.252. The molecular weight excluding hydrogens is 306 g/mol. The van der Waals surface area contributed by atoms with Gasteiger partial charge in [0.05, 0.1) is 11.8 Å². The van der Waals surface area contributed by atoms with E-state index >= 15 is 0 Å². The van der Waals surface area contributed by atoms with Crippen LogP contribution in [0.5, 0.6) is 0 Å². The third-order valence-electron chi connectivity index (χ3n) is 5.75. The summed E-state index contributed by atoms with van der Waals surface area (Å²) in [5.41, 5.74) is 2.16. The number of fused-ring (bicyclic) bond motifs is 1. The maximum absolute atomic E-state index is 12.3. The quantitative estimate of drug-likeness (QED) is 0.890. The number of piperidine rings is 1. The highest BCUT2D eigenvalue weighted by Crippen LogP contribution is 2.34. The molecule has 1 aliphatic carbocycles. The lowest BCUT2D eigenvalue weighted by molar-refractivity contribution is -0.132. The Labute approximate surface area is 142 Å². The Kier molecular flexibility index (Phi) is 4.35. The van der Waals surface area contributed by atoms with Gasteiger partial charge in [0.2, 0.25) is 5.91 Å². The smallest absolute Gasteiger partial charge is 0.249 e. The molecule has 1 N–H and O–H groups in total. The molecule has 1 aromatic rings. The standard InChI is InChI=1S/C18H27N3O3/c1-11-15(12(2)24-20-11)9-21-6-5-14-7-16(23-17(14)10-21)18(22)19-8-13-3-4-13/h13-14,16-17H,3-10H2,1-2H3,(H,19,22)/t14-,16+,17-/m0/s1. The fourth-order valence-electron chi connectivity index (χ4n) is 3.94. The molecular formula is C18H27N3O3. The molecule has 6 heteroatoms. The number of aryl methyl sites for hydroxylation is 2. The van der Waals surface area contributed by atoms with Crippen molar-refractivity contribution in [2.75, 3.05) is 19.6 Å². The molecule has 24 heavy (non-hydrogen) atoms. The highest BCUT2D eigenvalue weighted by molar-refractivity contribution is 5.81. The van der Waals surface area contributed by atoms with Gasteiger partial charge in [-0.2, -0.15) is 0 Å². The summed E-state index contributed by atoms with van der Waals surface area (Å²) in [6.45, 7) is 7.57. The van der Waals surface area contributed by atoms with Crippen molar-refractivity contribution in [3.63, 3.8) is 0 Å². The molecule has 0 radical (unpaired) electrons. The van der Waals surface area contributed by atoms with Crippen molar-refractivity contribution >= 4 is 5.91 Å². The van der Waals surface area contributed by atoms with Crippen LogP contribution < -0.4 is 5.32 Å². The van der Waals surface area contributed by atoms with Crippen LogP contribution in [0, 0.1) is 25.7 Å². The van der Waals surface area contributed by atoms with Crippen molar-refractivity contribution in [1.82, 2.24) is 15.4 Å². The topological polar surface area (TPSA) is 67.6 Å². The van der Waals surface area contributed by atoms with E-state index in [0.29, 0.717) is 11.8 Å². The molecule has 4 rings (SSSR count). The van der Waals surface area contributed by atoms with Crippen LogP contribution in [0.3, 0.4) is 0 Å². The number of hydrogen-bond donors (Lipinski definition) is 1. The average Bonchev–Trinajstić information content (AvgIpc) is 3.23. The van der Waals surface area contributed by atoms with Crippen LogP contribution in [0.1, 0.15) is 42.7 Å². The van der Waals surface area contributed by atoms with Gasteiger partial charge in [-0.1, -0.05) is 5.16 Å². The fraction of sp³-hybridized carbons (Fsp3) is 0.778. The number of carbonyl (C=O) groups excluding carboxylic acids is 1. The first-order valence-electron chi connectivity index (χ1n) is 9.17. The van der Waals surface area contributed by atoms with E-state index in [0.717, 1.165) is 50.5 Å². The number of likely N-dealkylation sites (tertiary alicyclic amines) is 1. The van der Waals surface area contributed by atoms with Crippen molar-refractivity contribution in [2.45, 2.75) is 58.3 Å². The van der Waals surface area contributed by atoms with Gasteiger partial charge < -0.3 is 14.6 Å². The Morgan fingerprint density at radius 2 is 2.17 bits per heavy atom.